The van der Waals surface area contributed by atoms with E-state index < -0.39 is 0 Å². The second-order valence-corrected chi connectivity index (χ2v) is 7.42. The fourth-order valence-electron chi connectivity index (χ4n) is 3.88. The standard InChI is InChI=1S/C23H26N2O4/c1-28-20-10-8-18(9-11-20)17-4-6-19(7-5-17)22(26)24-12-14-25(15-13-24)23(27)21-3-2-16-29-21/h4-11,21H,2-3,12-16H2,1H3/t21-/m0/s1. The molecule has 2 heterocycles. The number of carbonyl (C=O) groups is 2. The van der Waals surface area contributed by atoms with Gasteiger partial charge in [0.25, 0.3) is 11.8 Å². The number of carbonyl (C=O) groups excluding carboxylic acids is 2. The van der Waals surface area contributed by atoms with Crippen LogP contribution in [0, 0.1) is 0 Å². The van der Waals surface area contributed by atoms with Crippen LogP contribution in [0.15, 0.2) is 48.5 Å². The summed E-state index contributed by atoms with van der Waals surface area (Å²) in [7, 11) is 1.65. The minimum Gasteiger partial charge on any atom is -0.497 e. The van der Waals surface area contributed by atoms with Gasteiger partial charge >= 0.3 is 0 Å². The first-order valence-corrected chi connectivity index (χ1v) is 10.1. The molecular weight excluding hydrogens is 368 g/mol. The molecule has 0 unspecified atom stereocenters. The maximum absolute atomic E-state index is 12.8. The van der Waals surface area contributed by atoms with Crippen LogP contribution in [0.4, 0.5) is 0 Å². The van der Waals surface area contributed by atoms with E-state index in [1.54, 1.807) is 7.11 Å². The van der Waals surface area contributed by atoms with Crippen molar-refractivity contribution in [3.8, 4) is 16.9 Å². The molecular formula is C23H26N2O4. The second-order valence-electron chi connectivity index (χ2n) is 7.42. The molecule has 0 radical (unpaired) electrons. The highest BCUT2D eigenvalue weighted by Crippen LogP contribution is 2.23. The number of ether oxygens (including phenoxy) is 2. The van der Waals surface area contributed by atoms with Crippen LogP contribution < -0.4 is 4.74 Å². The summed E-state index contributed by atoms with van der Waals surface area (Å²) in [5.74, 6) is 0.895. The van der Waals surface area contributed by atoms with E-state index in [9.17, 15) is 9.59 Å². The van der Waals surface area contributed by atoms with Gasteiger partial charge in [0.1, 0.15) is 11.9 Å². The Kier molecular flexibility index (Phi) is 5.81. The van der Waals surface area contributed by atoms with Gasteiger partial charge in [-0.3, -0.25) is 9.59 Å². The molecule has 2 amide bonds. The number of hydrogen-bond donors (Lipinski definition) is 0. The van der Waals surface area contributed by atoms with Gasteiger partial charge in [0.05, 0.1) is 7.11 Å². The average Bonchev–Trinajstić information content (AvgIpc) is 3.33. The summed E-state index contributed by atoms with van der Waals surface area (Å²) in [6, 6.07) is 15.5. The Balaban J connectivity index is 1.35. The third kappa shape index (κ3) is 4.27. The molecule has 0 aliphatic carbocycles. The SMILES string of the molecule is COc1ccc(-c2ccc(C(=O)N3CCN(C(=O)[C@@H]4CCCO4)CC3)cc2)cc1. The van der Waals surface area contributed by atoms with Crippen LogP contribution in [0.2, 0.25) is 0 Å². The van der Waals surface area contributed by atoms with Crippen LogP contribution in [0.3, 0.4) is 0 Å². The largest absolute Gasteiger partial charge is 0.497 e. The van der Waals surface area contributed by atoms with Gasteiger partial charge in [0.15, 0.2) is 0 Å². The molecule has 0 bridgehead atoms. The molecule has 2 aliphatic rings. The first-order valence-electron chi connectivity index (χ1n) is 10.1. The Morgan fingerprint density at radius 1 is 0.897 bits per heavy atom. The van der Waals surface area contributed by atoms with Crippen LogP contribution in [0.25, 0.3) is 11.1 Å². The van der Waals surface area contributed by atoms with Gasteiger partial charge < -0.3 is 19.3 Å². The first-order chi connectivity index (χ1) is 14.2. The highest BCUT2D eigenvalue weighted by Gasteiger charge is 2.31. The minimum atomic E-state index is -0.289. The van der Waals surface area contributed by atoms with E-state index in [4.69, 9.17) is 9.47 Å². The summed E-state index contributed by atoms with van der Waals surface area (Å²) in [6.45, 7) is 2.90. The van der Waals surface area contributed by atoms with E-state index in [0.717, 1.165) is 29.7 Å². The lowest BCUT2D eigenvalue weighted by molar-refractivity contribution is -0.142. The molecule has 29 heavy (non-hydrogen) atoms. The molecule has 2 fully saturated rings. The normalized spacial score (nSPS) is 19.3. The third-order valence-electron chi connectivity index (χ3n) is 5.64. The third-order valence-corrected chi connectivity index (χ3v) is 5.64. The van der Waals surface area contributed by atoms with E-state index in [1.807, 2.05) is 58.3 Å². The highest BCUT2D eigenvalue weighted by molar-refractivity contribution is 5.95. The van der Waals surface area contributed by atoms with Crippen molar-refractivity contribution in [2.24, 2.45) is 0 Å². The number of nitrogens with zero attached hydrogens (tertiary/aromatic N) is 2. The van der Waals surface area contributed by atoms with Gasteiger partial charge in [0.2, 0.25) is 0 Å². The maximum atomic E-state index is 12.8. The summed E-state index contributed by atoms with van der Waals surface area (Å²) < 4.78 is 10.7. The monoisotopic (exact) mass is 394 g/mol. The highest BCUT2D eigenvalue weighted by atomic mass is 16.5. The fraction of sp³-hybridized carbons (Fsp3) is 0.391. The van der Waals surface area contributed by atoms with Crippen molar-refractivity contribution in [2.45, 2.75) is 18.9 Å². The zero-order valence-corrected chi connectivity index (χ0v) is 16.7. The van der Waals surface area contributed by atoms with E-state index >= 15 is 0 Å². The van der Waals surface area contributed by atoms with Crippen molar-refractivity contribution >= 4 is 11.8 Å². The Bertz CT molecular complexity index is 849. The lowest BCUT2D eigenvalue weighted by Crippen LogP contribution is -2.52. The number of benzene rings is 2. The van der Waals surface area contributed by atoms with Crippen molar-refractivity contribution in [1.29, 1.82) is 0 Å². The number of piperazine rings is 1. The quantitative estimate of drug-likeness (QED) is 0.800. The number of rotatable bonds is 4. The van der Waals surface area contributed by atoms with Crippen LogP contribution in [-0.2, 0) is 9.53 Å². The van der Waals surface area contributed by atoms with Gasteiger partial charge in [-0.1, -0.05) is 24.3 Å². The summed E-state index contributed by atoms with van der Waals surface area (Å²) in [5, 5.41) is 0. The predicted molar refractivity (Wildman–Crippen MR) is 110 cm³/mol. The van der Waals surface area contributed by atoms with E-state index in [-0.39, 0.29) is 17.9 Å². The molecule has 4 rings (SSSR count). The second kappa shape index (κ2) is 8.66. The van der Waals surface area contributed by atoms with Crippen LogP contribution in [0.5, 0.6) is 5.75 Å². The van der Waals surface area contributed by atoms with E-state index in [0.29, 0.717) is 38.3 Å². The van der Waals surface area contributed by atoms with Gasteiger partial charge in [-0.15, -0.1) is 0 Å². The summed E-state index contributed by atoms with van der Waals surface area (Å²) in [4.78, 5) is 28.9. The fourth-order valence-corrected chi connectivity index (χ4v) is 3.88. The van der Waals surface area contributed by atoms with Crippen LogP contribution in [0.1, 0.15) is 23.2 Å². The van der Waals surface area contributed by atoms with Gasteiger partial charge in [-0.2, -0.15) is 0 Å². The number of amides is 2. The molecule has 0 spiro atoms. The molecule has 0 saturated carbocycles. The van der Waals surface area contributed by atoms with E-state index in [2.05, 4.69) is 0 Å². The molecule has 0 aromatic heterocycles. The van der Waals surface area contributed by atoms with Gasteiger partial charge in [-0.25, -0.2) is 0 Å². The molecule has 6 heteroatoms. The lowest BCUT2D eigenvalue weighted by atomic mass is 10.0. The molecule has 152 valence electrons. The zero-order valence-electron chi connectivity index (χ0n) is 16.7. The maximum Gasteiger partial charge on any atom is 0.253 e. The summed E-state index contributed by atoms with van der Waals surface area (Å²) in [5.41, 5.74) is 2.79. The molecule has 0 N–H and O–H groups in total. The summed E-state index contributed by atoms with van der Waals surface area (Å²) in [6.07, 6.45) is 1.46. The molecule has 2 aromatic carbocycles. The molecule has 6 nitrogen and oxygen atoms in total. The van der Waals surface area contributed by atoms with Crippen molar-refractivity contribution in [2.75, 3.05) is 39.9 Å². The molecule has 1 atom stereocenters. The Morgan fingerprint density at radius 3 is 2.03 bits per heavy atom. The number of hydrogen-bond acceptors (Lipinski definition) is 4. The van der Waals surface area contributed by atoms with Crippen LogP contribution in [-0.4, -0.2) is 67.6 Å². The molecule has 2 aliphatic heterocycles. The smallest absolute Gasteiger partial charge is 0.253 e. The molecule has 2 aromatic rings. The number of methoxy groups -OCH3 is 1. The topological polar surface area (TPSA) is 59.1 Å². The average molecular weight is 394 g/mol. The van der Waals surface area contributed by atoms with Gasteiger partial charge in [-0.05, 0) is 48.2 Å². The Labute approximate surface area is 171 Å². The van der Waals surface area contributed by atoms with Crippen molar-refractivity contribution in [3.63, 3.8) is 0 Å². The predicted octanol–water partition coefficient (Wildman–Crippen LogP) is 2.83. The van der Waals surface area contributed by atoms with E-state index in [1.165, 1.54) is 0 Å². The Morgan fingerprint density at radius 2 is 1.48 bits per heavy atom. The van der Waals surface area contributed by atoms with Crippen molar-refractivity contribution in [3.05, 3.63) is 54.1 Å². The Hall–Kier alpha value is -2.86. The molecule has 2 saturated heterocycles. The minimum absolute atomic E-state index is 0.00972. The van der Waals surface area contributed by atoms with Crippen molar-refractivity contribution < 1.29 is 19.1 Å². The first kappa shape index (κ1) is 19.5. The lowest BCUT2D eigenvalue weighted by Gasteiger charge is -2.35. The van der Waals surface area contributed by atoms with Crippen molar-refractivity contribution in [1.82, 2.24) is 9.80 Å². The van der Waals surface area contributed by atoms with Gasteiger partial charge in [0, 0.05) is 38.3 Å². The zero-order chi connectivity index (χ0) is 20.2. The van der Waals surface area contributed by atoms with Crippen LogP contribution >= 0.6 is 0 Å². The summed E-state index contributed by atoms with van der Waals surface area (Å²) >= 11 is 0.